The van der Waals surface area contributed by atoms with Gasteiger partial charge < -0.3 is 5.73 Å². The molecule has 1 nitrogen and oxygen atoms in total. The Morgan fingerprint density at radius 1 is 1.28 bits per heavy atom. The van der Waals surface area contributed by atoms with Crippen LogP contribution in [0.25, 0.3) is 0 Å². The third kappa shape index (κ3) is 3.19. The zero-order valence-corrected chi connectivity index (χ0v) is 12.4. The number of nitrogen functional groups attached to an aromatic ring is 1. The molecule has 0 aliphatic rings. The van der Waals surface area contributed by atoms with Crippen LogP contribution in [0.15, 0.2) is 45.8 Å². The molecule has 0 heterocycles. The summed E-state index contributed by atoms with van der Waals surface area (Å²) in [7, 11) is 0. The van der Waals surface area contributed by atoms with Crippen molar-refractivity contribution in [3.05, 3.63) is 57.3 Å². The number of hydrogen-bond donors (Lipinski definition) is 1. The lowest BCUT2D eigenvalue weighted by molar-refractivity contribution is 0.618. The molecule has 0 bridgehead atoms. The molecule has 0 unspecified atom stereocenters. The number of nitrogens with two attached hydrogens (primary N) is 1. The minimum absolute atomic E-state index is 0.150. The van der Waals surface area contributed by atoms with E-state index in [1.54, 1.807) is 18.2 Å². The zero-order chi connectivity index (χ0) is 13.1. The van der Waals surface area contributed by atoms with E-state index in [0.717, 1.165) is 9.37 Å². The summed E-state index contributed by atoms with van der Waals surface area (Å²) in [5.74, 6) is 0.139. The van der Waals surface area contributed by atoms with E-state index < -0.39 is 0 Å². The van der Waals surface area contributed by atoms with Gasteiger partial charge in [-0.2, -0.15) is 0 Å². The minimum Gasteiger partial charge on any atom is -0.398 e. The number of halogens is 3. The molecule has 2 N–H and O–H groups in total. The molecule has 2 aromatic rings. The Labute approximate surface area is 123 Å². The molecule has 2 aromatic carbocycles. The Kier molecular flexibility index (Phi) is 4.54. The molecule has 0 radical (unpaired) electrons. The number of rotatable bonds is 3. The first-order valence-corrected chi connectivity index (χ1v) is 7.34. The highest BCUT2D eigenvalue weighted by atomic mass is 79.9. The van der Waals surface area contributed by atoms with Crippen LogP contribution in [0.1, 0.15) is 5.56 Å². The van der Waals surface area contributed by atoms with Gasteiger partial charge in [-0.05, 0) is 29.8 Å². The van der Waals surface area contributed by atoms with Gasteiger partial charge >= 0.3 is 0 Å². The molecule has 0 saturated heterocycles. The standard InChI is InChI=1S/C13H10BrClFNS/c14-9-4-5-12(11(17)6-9)18-7-8-2-1-3-10(15)13(8)16/h1-6H,7,17H2. The van der Waals surface area contributed by atoms with E-state index in [4.69, 9.17) is 17.3 Å². The molecule has 0 atom stereocenters. The van der Waals surface area contributed by atoms with Crippen LogP contribution < -0.4 is 5.73 Å². The van der Waals surface area contributed by atoms with Crippen LogP contribution in [0, 0.1) is 5.82 Å². The second kappa shape index (κ2) is 5.95. The molecule has 0 aliphatic heterocycles. The van der Waals surface area contributed by atoms with Gasteiger partial charge in [0, 0.05) is 20.8 Å². The first-order chi connectivity index (χ1) is 8.58. The molecule has 0 aromatic heterocycles. The zero-order valence-electron chi connectivity index (χ0n) is 9.29. The summed E-state index contributed by atoms with van der Waals surface area (Å²) in [6.07, 6.45) is 0. The largest absolute Gasteiger partial charge is 0.398 e. The minimum atomic E-state index is -0.359. The van der Waals surface area contributed by atoms with Crippen molar-refractivity contribution in [2.45, 2.75) is 10.6 Å². The van der Waals surface area contributed by atoms with Crippen molar-refractivity contribution in [3.8, 4) is 0 Å². The molecule has 0 saturated carbocycles. The average Bonchev–Trinajstić information content (AvgIpc) is 2.33. The third-order valence-electron chi connectivity index (χ3n) is 2.39. The number of benzene rings is 2. The first-order valence-electron chi connectivity index (χ1n) is 5.18. The summed E-state index contributed by atoms with van der Waals surface area (Å²) in [4.78, 5) is 0.928. The fourth-order valence-electron chi connectivity index (χ4n) is 1.47. The Morgan fingerprint density at radius 3 is 2.78 bits per heavy atom. The summed E-state index contributed by atoms with van der Waals surface area (Å²) in [6.45, 7) is 0. The predicted molar refractivity (Wildman–Crippen MR) is 79.5 cm³/mol. The van der Waals surface area contributed by atoms with Crippen LogP contribution in [0.3, 0.4) is 0 Å². The summed E-state index contributed by atoms with van der Waals surface area (Å²) >= 11 is 10.6. The molecule has 2 rings (SSSR count). The van der Waals surface area contributed by atoms with Crippen LogP contribution in [0.5, 0.6) is 0 Å². The molecule has 0 amide bonds. The molecule has 94 valence electrons. The van der Waals surface area contributed by atoms with Crippen molar-refractivity contribution in [2.75, 3.05) is 5.73 Å². The van der Waals surface area contributed by atoms with E-state index in [-0.39, 0.29) is 10.8 Å². The van der Waals surface area contributed by atoms with E-state index in [0.29, 0.717) is 17.0 Å². The second-order valence-electron chi connectivity index (χ2n) is 3.68. The molecule has 5 heteroatoms. The summed E-state index contributed by atoms with van der Waals surface area (Å²) < 4.78 is 14.6. The van der Waals surface area contributed by atoms with Crippen molar-refractivity contribution in [2.24, 2.45) is 0 Å². The van der Waals surface area contributed by atoms with E-state index in [1.807, 2.05) is 18.2 Å². The summed E-state index contributed by atoms with van der Waals surface area (Å²) in [5, 5.41) is 0.150. The topological polar surface area (TPSA) is 26.0 Å². The molecular formula is C13H10BrClFNS. The van der Waals surface area contributed by atoms with Crippen molar-refractivity contribution >= 4 is 45.0 Å². The fraction of sp³-hybridized carbons (Fsp3) is 0.0769. The lowest BCUT2D eigenvalue weighted by atomic mass is 10.2. The normalized spacial score (nSPS) is 10.6. The first kappa shape index (κ1) is 13.7. The van der Waals surface area contributed by atoms with Crippen LogP contribution in [-0.4, -0.2) is 0 Å². The maximum Gasteiger partial charge on any atom is 0.145 e. The highest BCUT2D eigenvalue weighted by Crippen LogP contribution is 2.31. The van der Waals surface area contributed by atoms with Crippen molar-refractivity contribution in [1.29, 1.82) is 0 Å². The monoisotopic (exact) mass is 345 g/mol. The van der Waals surface area contributed by atoms with Gasteiger partial charge in [0.05, 0.1) is 5.02 Å². The quantitative estimate of drug-likeness (QED) is 0.617. The van der Waals surface area contributed by atoms with Gasteiger partial charge in [-0.25, -0.2) is 4.39 Å². The SMILES string of the molecule is Nc1cc(Br)ccc1SCc1cccc(Cl)c1F. The predicted octanol–water partition coefficient (Wildman–Crippen LogP) is 5.12. The van der Waals surface area contributed by atoms with Crippen LogP contribution in [0.2, 0.25) is 5.02 Å². The summed E-state index contributed by atoms with van der Waals surface area (Å²) in [6, 6.07) is 10.7. The molecule has 0 spiro atoms. The maximum atomic E-state index is 13.7. The van der Waals surface area contributed by atoms with Crippen LogP contribution in [0.4, 0.5) is 10.1 Å². The van der Waals surface area contributed by atoms with Crippen LogP contribution in [-0.2, 0) is 5.75 Å². The van der Waals surface area contributed by atoms with Crippen molar-refractivity contribution < 1.29 is 4.39 Å². The van der Waals surface area contributed by atoms with Gasteiger partial charge in [-0.3, -0.25) is 0 Å². The van der Waals surface area contributed by atoms with Gasteiger partial charge in [0.1, 0.15) is 5.82 Å². The maximum absolute atomic E-state index is 13.7. The third-order valence-corrected chi connectivity index (χ3v) is 4.31. The summed E-state index contributed by atoms with van der Waals surface area (Å²) in [5.41, 5.74) is 7.14. The highest BCUT2D eigenvalue weighted by molar-refractivity contribution is 9.10. The fourth-order valence-corrected chi connectivity index (χ4v) is 2.96. The van der Waals surface area contributed by atoms with Gasteiger partial charge in [0.2, 0.25) is 0 Å². The Bertz CT molecular complexity index is 577. The van der Waals surface area contributed by atoms with Gasteiger partial charge in [-0.15, -0.1) is 11.8 Å². The Morgan fingerprint density at radius 2 is 2.06 bits per heavy atom. The van der Waals surface area contributed by atoms with E-state index in [2.05, 4.69) is 15.9 Å². The van der Waals surface area contributed by atoms with Gasteiger partial charge in [0.25, 0.3) is 0 Å². The van der Waals surface area contributed by atoms with Crippen molar-refractivity contribution in [3.63, 3.8) is 0 Å². The molecule has 18 heavy (non-hydrogen) atoms. The van der Waals surface area contributed by atoms with E-state index >= 15 is 0 Å². The Hall–Kier alpha value is -0.710. The number of thioether (sulfide) groups is 1. The molecular weight excluding hydrogens is 337 g/mol. The molecule has 0 fully saturated rings. The second-order valence-corrected chi connectivity index (χ2v) is 6.02. The average molecular weight is 347 g/mol. The number of hydrogen-bond acceptors (Lipinski definition) is 2. The smallest absolute Gasteiger partial charge is 0.145 e. The van der Waals surface area contributed by atoms with Gasteiger partial charge in [-0.1, -0.05) is 39.7 Å². The van der Waals surface area contributed by atoms with E-state index in [9.17, 15) is 4.39 Å². The number of anilines is 1. The lowest BCUT2D eigenvalue weighted by Crippen LogP contribution is -1.91. The highest BCUT2D eigenvalue weighted by Gasteiger charge is 2.08. The van der Waals surface area contributed by atoms with Gasteiger partial charge in [0.15, 0.2) is 0 Å². The molecule has 0 aliphatic carbocycles. The van der Waals surface area contributed by atoms with E-state index in [1.165, 1.54) is 11.8 Å². The Balaban J connectivity index is 2.14. The van der Waals surface area contributed by atoms with Crippen molar-refractivity contribution in [1.82, 2.24) is 0 Å². The van der Waals surface area contributed by atoms with Crippen LogP contribution >= 0.6 is 39.3 Å². The lowest BCUT2D eigenvalue weighted by Gasteiger charge is -2.07.